The van der Waals surface area contributed by atoms with Gasteiger partial charge in [-0.1, -0.05) is 32.9 Å². The summed E-state index contributed by atoms with van der Waals surface area (Å²) in [5.41, 5.74) is 3.60. The minimum atomic E-state index is -3.16. The Kier molecular flexibility index (Phi) is 7.02. The molecule has 0 spiro atoms. The number of halogens is 1. The lowest BCUT2D eigenvalue weighted by Gasteiger charge is -2.48. The topological polar surface area (TPSA) is 97.4 Å². The van der Waals surface area contributed by atoms with E-state index in [9.17, 15) is 13.5 Å². The normalized spacial score (nSPS) is 22.6. The molecule has 39 heavy (non-hydrogen) atoms. The fraction of sp³-hybridized carbons (Fsp3) is 0.400. The molecule has 2 aliphatic carbocycles. The third-order valence-electron chi connectivity index (χ3n) is 8.38. The number of aromatic nitrogens is 3. The van der Waals surface area contributed by atoms with Gasteiger partial charge < -0.3 is 5.11 Å². The lowest BCUT2D eigenvalue weighted by atomic mass is 9.57. The maximum atomic E-state index is 15.1. The largest absolute Gasteiger partial charge is 0.523 e. The molecule has 0 amide bonds. The van der Waals surface area contributed by atoms with Gasteiger partial charge in [0.05, 0.1) is 29.5 Å². The van der Waals surface area contributed by atoms with E-state index in [0.717, 1.165) is 17.7 Å². The zero-order valence-corrected chi connectivity index (χ0v) is 23.1. The van der Waals surface area contributed by atoms with Crippen LogP contribution in [0.1, 0.15) is 50.6 Å². The summed E-state index contributed by atoms with van der Waals surface area (Å²) in [7, 11) is -3.16. The SMILES string of the molecule is [C-]#[N+]C1=C(O)[C@H](C)[C@H]2CCc3c(-c4ccccc4F)nc(-c4ccnc(CCS(=O)(=O)CC)c4)nc3[C@]2(C)C1. The van der Waals surface area contributed by atoms with Gasteiger partial charge >= 0.3 is 0 Å². The molecule has 202 valence electrons. The maximum Gasteiger partial charge on any atom is 0.203 e. The van der Waals surface area contributed by atoms with Crippen molar-refractivity contribution in [2.45, 2.75) is 51.9 Å². The summed E-state index contributed by atoms with van der Waals surface area (Å²) >= 11 is 0. The third-order valence-corrected chi connectivity index (χ3v) is 10.1. The van der Waals surface area contributed by atoms with E-state index in [1.165, 1.54) is 6.07 Å². The summed E-state index contributed by atoms with van der Waals surface area (Å²) in [4.78, 5) is 17.9. The molecule has 1 N–H and O–H groups in total. The number of nitrogens with zero attached hydrogens (tertiary/aromatic N) is 4. The first-order valence-corrected chi connectivity index (χ1v) is 15.0. The molecule has 0 saturated heterocycles. The Balaban J connectivity index is 1.69. The van der Waals surface area contributed by atoms with Gasteiger partial charge in [0.1, 0.15) is 15.7 Å². The van der Waals surface area contributed by atoms with Crippen LogP contribution in [0.5, 0.6) is 0 Å². The van der Waals surface area contributed by atoms with Crippen molar-refractivity contribution in [1.82, 2.24) is 15.0 Å². The Labute approximate surface area is 228 Å². The molecule has 0 unspecified atom stereocenters. The molecule has 2 aliphatic rings. The van der Waals surface area contributed by atoms with Crippen molar-refractivity contribution in [2.75, 3.05) is 11.5 Å². The molecule has 3 atom stereocenters. The van der Waals surface area contributed by atoms with Gasteiger partial charge in [-0.05, 0) is 49.4 Å². The Hall–Kier alpha value is -3.64. The highest BCUT2D eigenvalue weighted by Crippen LogP contribution is 2.54. The number of aliphatic hydroxyl groups is 1. The lowest BCUT2D eigenvalue weighted by molar-refractivity contribution is 0.135. The van der Waals surface area contributed by atoms with Gasteiger partial charge in [-0.2, -0.15) is 0 Å². The molecule has 2 aromatic heterocycles. The second-order valence-electron chi connectivity index (χ2n) is 10.7. The van der Waals surface area contributed by atoms with Crippen LogP contribution in [-0.4, -0.2) is 40.0 Å². The molecule has 0 radical (unpaired) electrons. The number of aliphatic hydroxyl groups excluding tert-OH is 1. The van der Waals surface area contributed by atoms with Gasteiger partial charge in [-0.25, -0.2) is 27.6 Å². The van der Waals surface area contributed by atoms with Crippen LogP contribution in [0.25, 0.3) is 27.5 Å². The second kappa shape index (κ2) is 10.2. The Morgan fingerprint density at radius 3 is 2.72 bits per heavy atom. The standard InChI is InChI=1S/C30H31FN4O3S/c1-5-39(37,38)15-13-20-16-19(12-14-33-20)29-34-26(21-8-6-7-9-24(21)31)22-10-11-23-18(2)27(36)25(32-4)17-30(23,3)28(22)35-29/h6-9,12,14,16,18,23,36H,5,10-11,13,15,17H2,1-3H3/t18-,23-,30-/m1/s1. The number of allylic oxidation sites excluding steroid dienone is 2. The number of sulfone groups is 1. The van der Waals surface area contributed by atoms with Crippen LogP contribution >= 0.6 is 0 Å². The summed E-state index contributed by atoms with van der Waals surface area (Å²) in [6.45, 7) is 13.3. The van der Waals surface area contributed by atoms with Gasteiger partial charge in [0.25, 0.3) is 0 Å². The molecule has 0 aliphatic heterocycles. The number of rotatable bonds is 6. The molecular formula is C30H31FN4O3S. The predicted molar refractivity (Wildman–Crippen MR) is 148 cm³/mol. The van der Waals surface area contributed by atoms with Crippen molar-refractivity contribution in [3.63, 3.8) is 0 Å². The fourth-order valence-electron chi connectivity index (χ4n) is 6.16. The number of pyridine rings is 1. The van der Waals surface area contributed by atoms with Crippen molar-refractivity contribution >= 4 is 9.84 Å². The van der Waals surface area contributed by atoms with E-state index in [2.05, 4.69) is 16.8 Å². The van der Waals surface area contributed by atoms with Crippen LogP contribution in [-0.2, 0) is 28.1 Å². The zero-order chi connectivity index (χ0) is 27.9. The number of hydrogen-bond acceptors (Lipinski definition) is 6. The predicted octanol–water partition coefficient (Wildman–Crippen LogP) is 5.87. The first-order chi connectivity index (χ1) is 18.6. The summed E-state index contributed by atoms with van der Waals surface area (Å²) in [5.74, 6) is 0.0864. The van der Waals surface area contributed by atoms with E-state index in [1.807, 2.05) is 6.92 Å². The fourth-order valence-corrected chi connectivity index (χ4v) is 6.96. The average molecular weight is 547 g/mol. The number of hydrogen-bond donors (Lipinski definition) is 1. The molecule has 5 rings (SSSR count). The summed E-state index contributed by atoms with van der Waals surface area (Å²) in [6, 6.07) is 10.1. The smallest absolute Gasteiger partial charge is 0.203 e. The van der Waals surface area contributed by atoms with Gasteiger partial charge in [0, 0.05) is 52.1 Å². The van der Waals surface area contributed by atoms with Crippen molar-refractivity contribution in [2.24, 2.45) is 11.8 Å². The van der Waals surface area contributed by atoms with Crippen LogP contribution in [0.15, 0.2) is 54.1 Å². The van der Waals surface area contributed by atoms with Crippen LogP contribution in [0, 0.1) is 24.2 Å². The van der Waals surface area contributed by atoms with E-state index in [-0.39, 0.29) is 41.3 Å². The number of benzene rings is 1. The highest BCUT2D eigenvalue weighted by Gasteiger charge is 2.50. The molecular weight excluding hydrogens is 515 g/mol. The molecule has 2 heterocycles. The molecule has 0 fully saturated rings. The first-order valence-electron chi connectivity index (χ1n) is 13.2. The molecule has 0 saturated carbocycles. The molecule has 7 nitrogen and oxygen atoms in total. The van der Waals surface area contributed by atoms with Crippen LogP contribution in [0.3, 0.4) is 0 Å². The average Bonchev–Trinajstić information content (AvgIpc) is 2.94. The second-order valence-corrected chi connectivity index (χ2v) is 13.2. The quantitative estimate of drug-likeness (QED) is 0.389. The van der Waals surface area contributed by atoms with Gasteiger partial charge in [-0.3, -0.25) is 4.98 Å². The van der Waals surface area contributed by atoms with E-state index in [0.29, 0.717) is 46.9 Å². The van der Waals surface area contributed by atoms with Crippen LogP contribution in [0.2, 0.25) is 0 Å². The first kappa shape index (κ1) is 26.9. The van der Waals surface area contributed by atoms with Gasteiger partial charge in [0.2, 0.25) is 5.70 Å². The minimum Gasteiger partial charge on any atom is -0.523 e. The summed E-state index contributed by atoms with van der Waals surface area (Å²) in [5, 5.41) is 10.7. The monoisotopic (exact) mass is 546 g/mol. The Bertz CT molecular complexity index is 1630. The van der Waals surface area contributed by atoms with Gasteiger partial charge in [-0.15, -0.1) is 0 Å². The molecule has 1 aromatic carbocycles. The van der Waals surface area contributed by atoms with Crippen molar-refractivity contribution in [1.29, 1.82) is 0 Å². The van der Waals surface area contributed by atoms with Crippen molar-refractivity contribution in [3.05, 3.63) is 88.2 Å². The van der Waals surface area contributed by atoms with Crippen molar-refractivity contribution < 1.29 is 17.9 Å². The maximum absolute atomic E-state index is 15.1. The van der Waals surface area contributed by atoms with Crippen LogP contribution in [0.4, 0.5) is 4.39 Å². The zero-order valence-electron chi connectivity index (χ0n) is 22.3. The molecule has 0 bridgehead atoms. The lowest BCUT2D eigenvalue weighted by Crippen LogP contribution is -2.45. The van der Waals surface area contributed by atoms with E-state index < -0.39 is 15.3 Å². The molecule has 3 aromatic rings. The van der Waals surface area contributed by atoms with Crippen molar-refractivity contribution in [3.8, 4) is 22.6 Å². The third kappa shape index (κ3) is 4.82. The number of aryl methyl sites for hydroxylation is 1. The summed E-state index contributed by atoms with van der Waals surface area (Å²) < 4.78 is 39.3. The Morgan fingerprint density at radius 2 is 2.00 bits per heavy atom. The highest BCUT2D eigenvalue weighted by atomic mass is 32.2. The number of fused-ring (bicyclic) bond motifs is 3. The van der Waals surface area contributed by atoms with Gasteiger partial charge in [0.15, 0.2) is 5.82 Å². The summed E-state index contributed by atoms with van der Waals surface area (Å²) in [6.07, 6.45) is 3.61. The Morgan fingerprint density at radius 1 is 1.23 bits per heavy atom. The minimum absolute atomic E-state index is 0.00164. The highest BCUT2D eigenvalue weighted by molar-refractivity contribution is 7.91. The van der Waals surface area contributed by atoms with E-state index in [4.69, 9.17) is 16.5 Å². The molecule has 9 heteroatoms. The van der Waals surface area contributed by atoms with E-state index in [1.54, 1.807) is 43.5 Å². The van der Waals surface area contributed by atoms with E-state index >= 15 is 4.39 Å². The van der Waals surface area contributed by atoms with Crippen LogP contribution < -0.4 is 0 Å².